The highest BCUT2D eigenvalue weighted by molar-refractivity contribution is 5.80. The van der Waals surface area contributed by atoms with Crippen molar-refractivity contribution in [3.8, 4) is 0 Å². The van der Waals surface area contributed by atoms with Gasteiger partial charge in [-0.05, 0) is 19.4 Å². The number of hydrogen-bond donors (Lipinski definition) is 2. The first-order valence-corrected chi connectivity index (χ1v) is 5.57. The van der Waals surface area contributed by atoms with E-state index < -0.39 is 0 Å². The highest BCUT2D eigenvalue weighted by atomic mass is 16.1. The van der Waals surface area contributed by atoms with Crippen LogP contribution in [0.3, 0.4) is 0 Å². The third kappa shape index (κ3) is 3.28. The van der Waals surface area contributed by atoms with Crippen LogP contribution in [0.15, 0.2) is 40.2 Å². The predicted octanol–water partition coefficient (Wildman–Crippen LogP) is 1.83. The van der Waals surface area contributed by atoms with Gasteiger partial charge >= 0.3 is 0 Å². The van der Waals surface area contributed by atoms with Gasteiger partial charge in [0, 0.05) is 11.8 Å². The molecule has 2 rings (SSSR count). The van der Waals surface area contributed by atoms with Crippen molar-refractivity contribution in [2.24, 2.45) is 5.10 Å². The Labute approximate surface area is 105 Å². The zero-order chi connectivity index (χ0) is 13.0. The number of aromatic nitrogens is 2. The van der Waals surface area contributed by atoms with E-state index in [0.717, 1.165) is 5.56 Å². The lowest BCUT2D eigenvalue weighted by atomic mass is 10.2. The van der Waals surface area contributed by atoms with Crippen molar-refractivity contribution >= 4 is 12.2 Å². The molecular formula is C13H14N4O. The molecule has 0 aliphatic rings. The summed E-state index contributed by atoms with van der Waals surface area (Å²) in [6.07, 6.45) is 1.68. The Morgan fingerprint density at radius 1 is 1.33 bits per heavy atom. The number of aryl methyl sites for hydroxylation is 2. The standard InChI is InChI=1S/C13H14N4O/c1-9-4-3-5-11(6-9)8-14-17-13-15-10(2)7-12(18)16-13/h3-8H,1-2H3,(H2,15,16,17,18)/b14-8-. The third-order valence-electron chi connectivity index (χ3n) is 2.30. The maximum Gasteiger partial charge on any atom is 0.252 e. The average molecular weight is 242 g/mol. The lowest BCUT2D eigenvalue weighted by molar-refractivity contribution is 1.04. The molecule has 5 heteroatoms. The second-order valence-electron chi connectivity index (χ2n) is 4.02. The van der Waals surface area contributed by atoms with Crippen LogP contribution in [0.4, 0.5) is 5.95 Å². The molecule has 0 saturated carbocycles. The predicted molar refractivity (Wildman–Crippen MR) is 72.0 cm³/mol. The van der Waals surface area contributed by atoms with Crippen molar-refractivity contribution < 1.29 is 0 Å². The smallest absolute Gasteiger partial charge is 0.252 e. The van der Waals surface area contributed by atoms with E-state index in [4.69, 9.17) is 0 Å². The van der Waals surface area contributed by atoms with Crippen molar-refractivity contribution in [2.75, 3.05) is 5.43 Å². The lowest BCUT2D eigenvalue weighted by Crippen LogP contribution is -2.10. The maximum absolute atomic E-state index is 11.2. The van der Waals surface area contributed by atoms with Crippen LogP contribution in [-0.2, 0) is 0 Å². The number of H-pyrrole nitrogens is 1. The molecule has 0 fully saturated rings. The number of nitrogens with one attached hydrogen (secondary N) is 2. The Bertz CT molecular complexity index is 631. The average Bonchev–Trinajstić information content (AvgIpc) is 2.27. The Balaban J connectivity index is 2.09. The topological polar surface area (TPSA) is 70.1 Å². The lowest BCUT2D eigenvalue weighted by Gasteiger charge is -2.00. The fourth-order valence-corrected chi connectivity index (χ4v) is 1.55. The molecule has 0 unspecified atom stereocenters. The summed E-state index contributed by atoms with van der Waals surface area (Å²) in [5.41, 5.74) is 5.30. The Morgan fingerprint density at radius 2 is 2.17 bits per heavy atom. The summed E-state index contributed by atoms with van der Waals surface area (Å²) >= 11 is 0. The van der Waals surface area contributed by atoms with E-state index in [2.05, 4.69) is 20.5 Å². The number of anilines is 1. The van der Waals surface area contributed by atoms with Gasteiger partial charge in [0.2, 0.25) is 5.95 Å². The van der Waals surface area contributed by atoms with Gasteiger partial charge in [-0.1, -0.05) is 29.8 Å². The van der Waals surface area contributed by atoms with E-state index in [1.54, 1.807) is 13.1 Å². The van der Waals surface area contributed by atoms with Crippen LogP contribution in [-0.4, -0.2) is 16.2 Å². The fourth-order valence-electron chi connectivity index (χ4n) is 1.55. The van der Waals surface area contributed by atoms with Gasteiger partial charge in [0.15, 0.2) is 0 Å². The number of aromatic amines is 1. The first kappa shape index (κ1) is 12.0. The molecule has 1 aromatic heterocycles. The SMILES string of the molecule is Cc1cccc(/C=N\Nc2nc(C)cc(=O)[nH]2)c1. The quantitative estimate of drug-likeness (QED) is 0.637. The summed E-state index contributed by atoms with van der Waals surface area (Å²) < 4.78 is 0. The molecule has 0 saturated heterocycles. The van der Waals surface area contributed by atoms with E-state index in [1.165, 1.54) is 11.6 Å². The molecule has 0 aliphatic carbocycles. The van der Waals surface area contributed by atoms with Crippen molar-refractivity contribution in [1.29, 1.82) is 0 Å². The summed E-state index contributed by atoms with van der Waals surface area (Å²) in [5.74, 6) is 0.337. The van der Waals surface area contributed by atoms with Crippen LogP contribution in [0, 0.1) is 13.8 Å². The number of rotatable bonds is 3. The molecule has 92 valence electrons. The van der Waals surface area contributed by atoms with Gasteiger partial charge in [0.05, 0.1) is 6.21 Å². The van der Waals surface area contributed by atoms with Gasteiger partial charge in [0.25, 0.3) is 5.56 Å². The molecule has 1 heterocycles. The molecule has 0 spiro atoms. The van der Waals surface area contributed by atoms with Gasteiger partial charge in [-0.3, -0.25) is 9.78 Å². The highest BCUT2D eigenvalue weighted by Crippen LogP contribution is 2.01. The van der Waals surface area contributed by atoms with E-state index in [1.807, 2.05) is 31.2 Å². The van der Waals surface area contributed by atoms with E-state index in [9.17, 15) is 4.79 Å². The summed E-state index contributed by atoms with van der Waals surface area (Å²) in [5, 5.41) is 4.03. The van der Waals surface area contributed by atoms with Gasteiger partial charge in [-0.2, -0.15) is 5.10 Å². The van der Waals surface area contributed by atoms with Crippen molar-refractivity contribution in [3.05, 3.63) is 57.5 Å². The second-order valence-corrected chi connectivity index (χ2v) is 4.02. The molecule has 5 nitrogen and oxygen atoms in total. The minimum absolute atomic E-state index is 0.198. The molecule has 0 atom stereocenters. The van der Waals surface area contributed by atoms with Crippen molar-refractivity contribution in [1.82, 2.24) is 9.97 Å². The van der Waals surface area contributed by atoms with Gasteiger partial charge in [0.1, 0.15) is 0 Å². The van der Waals surface area contributed by atoms with Crippen LogP contribution in [0.1, 0.15) is 16.8 Å². The van der Waals surface area contributed by atoms with E-state index >= 15 is 0 Å². The van der Waals surface area contributed by atoms with Crippen molar-refractivity contribution in [2.45, 2.75) is 13.8 Å². The molecule has 0 radical (unpaired) electrons. The highest BCUT2D eigenvalue weighted by Gasteiger charge is 1.95. The summed E-state index contributed by atoms with van der Waals surface area (Å²) in [6.45, 7) is 3.77. The molecular weight excluding hydrogens is 228 g/mol. The van der Waals surface area contributed by atoms with Crippen molar-refractivity contribution in [3.63, 3.8) is 0 Å². The van der Waals surface area contributed by atoms with Crippen LogP contribution >= 0.6 is 0 Å². The van der Waals surface area contributed by atoms with E-state index in [0.29, 0.717) is 11.6 Å². The Morgan fingerprint density at radius 3 is 2.89 bits per heavy atom. The summed E-state index contributed by atoms with van der Waals surface area (Å²) in [4.78, 5) is 17.9. The Hall–Kier alpha value is -2.43. The molecule has 0 aliphatic heterocycles. The molecule has 1 aromatic carbocycles. The van der Waals surface area contributed by atoms with Gasteiger partial charge in [-0.25, -0.2) is 10.4 Å². The number of hydrogen-bond acceptors (Lipinski definition) is 4. The molecule has 2 N–H and O–H groups in total. The minimum Gasteiger partial charge on any atom is -0.291 e. The van der Waals surface area contributed by atoms with Crippen LogP contribution in [0.2, 0.25) is 0 Å². The third-order valence-corrected chi connectivity index (χ3v) is 2.30. The summed E-state index contributed by atoms with van der Waals surface area (Å²) in [7, 11) is 0. The molecule has 2 aromatic rings. The second kappa shape index (κ2) is 5.27. The van der Waals surface area contributed by atoms with Crippen LogP contribution < -0.4 is 11.0 Å². The van der Waals surface area contributed by atoms with Crippen LogP contribution in [0.5, 0.6) is 0 Å². The van der Waals surface area contributed by atoms with E-state index in [-0.39, 0.29) is 5.56 Å². The largest absolute Gasteiger partial charge is 0.291 e. The first-order chi connectivity index (χ1) is 8.63. The first-order valence-electron chi connectivity index (χ1n) is 5.57. The number of benzene rings is 1. The Kier molecular flexibility index (Phi) is 3.52. The molecule has 18 heavy (non-hydrogen) atoms. The maximum atomic E-state index is 11.2. The van der Waals surface area contributed by atoms with Gasteiger partial charge < -0.3 is 0 Å². The number of hydrazone groups is 1. The normalized spacial score (nSPS) is 10.8. The minimum atomic E-state index is -0.198. The number of nitrogens with zero attached hydrogens (tertiary/aromatic N) is 2. The zero-order valence-corrected chi connectivity index (χ0v) is 10.3. The fraction of sp³-hybridized carbons (Fsp3) is 0.154. The molecule has 0 bridgehead atoms. The molecule has 0 amide bonds. The van der Waals surface area contributed by atoms with Gasteiger partial charge in [-0.15, -0.1) is 0 Å². The summed E-state index contributed by atoms with van der Waals surface area (Å²) in [6, 6.07) is 9.37. The van der Waals surface area contributed by atoms with Crippen LogP contribution in [0.25, 0.3) is 0 Å². The monoisotopic (exact) mass is 242 g/mol. The zero-order valence-electron chi connectivity index (χ0n) is 10.3.